The Morgan fingerprint density at radius 3 is 2.22 bits per heavy atom. The molecule has 0 radical (unpaired) electrons. The average molecular weight is 591 g/mol. The number of nitrogens with zero attached hydrogens (tertiary/aromatic N) is 4. The van der Waals surface area contributed by atoms with E-state index in [0.717, 1.165) is 29.7 Å². The largest absolute Gasteiger partial charge is 0.505 e. The Balaban J connectivity index is 2.00. The number of carbonyl (C=O) groups is 1. The molecular formula is C24H14F9N5O3. The molecule has 0 saturated carbocycles. The third kappa shape index (κ3) is 5.73. The number of fused-ring (bicyclic) bond motifs is 1. The van der Waals surface area contributed by atoms with Crippen LogP contribution in [0.2, 0.25) is 0 Å². The lowest BCUT2D eigenvalue weighted by Crippen LogP contribution is -2.49. The second-order valence-electron chi connectivity index (χ2n) is 8.28. The minimum atomic E-state index is -3.96. The lowest BCUT2D eigenvalue weighted by Gasteiger charge is -2.22. The Kier molecular flexibility index (Phi) is 8.07. The van der Waals surface area contributed by atoms with E-state index < -0.39 is 93.5 Å². The molecule has 2 aromatic heterocycles. The lowest BCUT2D eigenvalue weighted by atomic mass is 10.1. The van der Waals surface area contributed by atoms with Gasteiger partial charge in [0.1, 0.15) is 28.9 Å². The minimum absolute atomic E-state index is 0.200. The summed E-state index contributed by atoms with van der Waals surface area (Å²) in [6.07, 6.45) is -7.03. The van der Waals surface area contributed by atoms with Gasteiger partial charge in [-0.05, 0) is 6.07 Å². The Morgan fingerprint density at radius 2 is 1.61 bits per heavy atom. The number of hydrogen-bond acceptors (Lipinski definition) is 6. The summed E-state index contributed by atoms with van der Waals surface area (Å²) in [6, 6.07) is -2.27. The number of hydrogen-bond donors (Lipinski definition) is 2. The van der Waals surface area contributed by atoms with Crippen LogP contribution >= 0.6 is 0 Å². The molecule has 216 valence electrons. The number of aliphatic hydroxyl groups excluding tert-OH is 1. The van der Waals surface area contributed by atoms with Gasteiger partial charge in [-0.15, -0.1) is 0 Å². The number of benzene rings is 1. The molecule has 1 aliphatic heterocycles. The zero-order chi connectivity index (χ0) is 30.2. The third-order valence-corrected chi connectivity index (χ3v) is 5.57. The van der Waals surface area contributed by atoms with Crippen molar-refractivity contribution in [1.29, 1.82) is 0 Å². The van der Waals surface area contributed by atoms with Crippen LogP contribution in [-0.2, 0) is 0 Å². The molecule has 1 amide bonds. The fourth-order valence-electron chi connectivity index (χ4n) is 3.74. The normalized spacial score (nSPS) is 14.9. The van der Waals surface area contributed by atoms with Gasteiger partial charge in [0.05, 0.1) is 17.8 Å². The van der Waals surface area contributed by atoms with E-state index >= 15 is 4.39 Å². The van der Waals surface area contributed by atoms with Crippen molar-refractivity contribution in [3.8, 4) is 5.69 Å². The molecular weight excluding hydrogens is 577 g/mol. The van der Waals surface area contributed by atoms with Gasteiger partial charge in [0.2, 0.25) is 5.43 Å². The van der Waals surface area contributed by atoms with E-state index in [4.69, 9.17) is 0 Å². The van der Waals surface area contributed by atoms with Crippen LogP contribution < -0.4 is 15.6 Å². The summed E-state index contributed by atoms with van der Waals surface area (Å²) in [4.78, 5) is 34.2. The van der Waals surface area contributed by atoms with Gasteiger partial charge >= 0.3 is 0 Å². The van der Waals surface area contributed by atoms with Crippen LogP contribution in [-0.4, -0.2) is 51.8 Å². The molecule has 17 heteroatoms. The number of pyridine rings is 2. The van der Waals surface area contributed by atoms with Crippen molar-refractivity contribution in [2.45, 2.75) is 25.1 Å². The molecule has 0 bridgehead atoms. The predicted octanol–water partition coefficient (Wildman–Crippen LogP) is 4.67. The fourth-order valence-corrected chi connectivity index (χ4v) is 3.74. The van der Waals surface area contributed by atoms with E-state index in [1.165, 1.54) is 5.32 Å². The molecule has 4 rings (SSSR count). The first-order chi connectivity index (χ1) is 19.3. The van der Waals surface area contributed by atoms with Gasteiger partial charge in [-0.3, -0.25) is 19.1 Å². The highest BCUT2D eigenvalue weighted by molar-refractivity contribution is 5.97. The molecule has 8 nitrogen and oxygen atoms in total. The summed E-state index contributed by atoms with van der Waals surface area (Å²) in [7, 11) is 0. The quantitative estimate of drug-likeness (QED) is 0.390. The molecule has 41 heavy (non-hydrogen) atoms. The highest BCUT2D eigenvalue weighted by atomic mass is 19.3. The summed E-state index contributed by atoms with van der Waals surface area (Å²) in [5.74, 6) is -9.02. The molecule has 2 unspecified atom stereocenters. The van der Waals surface area contributed by atoms with E-state index in [1.54, 1.807) is 0 Å². The first kappa shape index (κ1) is 29.2. The topological polar surface area (TPSA) is 99.8 Å². The van der Waals surface area contributed by atoms with E-state index in [-0.39, 0.29) is 12.1 Å². The predicted molar refractivity (Wildman–Crippen MR) is 126 cm³/mol. The van der Waals surface area contributed by atoms with Gasteiger partial charge < -0.3 is 15.3 Å². The summed E-state index contributed by atoms with van der Waals surface area (Å²) in [6.45, 7) is 0. The molecule has 0 aliphatic carbocycles. The summed E-state index contributed by atoms with van der Waals surface area (Å²) >= 11 is 0. The first-order valence-corrected chi connectivity index (χ1v) is 11.1. The number of allylic oxidation sites excluding steroid dienone is 1. The number of alkyl halides is 5. The van der Waals surface area contributed by atoms with Gasteiger partial charge in [-0.25, -0.2) is 44.5 Å². The maximum atomic E-state index is 15.2. The van der Waals surface area contributed by atoms with Gasteiger partial charge in [0, 0.05) is 30.7 Å². The fraction of sp³-hybridized carbons (Fsp3) is 0.167. The minimum Gasteiger partial charge on any atom is -0.505 e. The number of aromatic nitrogens is 2. The number of aliphatic hydroxyl groups is 1. The number of carbonyl (C=O) groups excluding carboxylic acids is 1. The van der Waals surface area contributed by atoms with Crippen LogP contribution in [0.4, 0.5) is 45.3 Å². The van der Waals surface area contributed by atoms with E-state index in [1.807, 2.05) is 0 Å². The molecule has 0 spiro atoms. The Labute approximate surface area is 222 Å². The van der Waals surface area contributed by atoms with Gasteiger partial charge in [-0.2, -0.15) is 0 Å². The van der Waals surface area contributed by atoms with Crippen molar-refractivity contribution in [3.05, 3.63) is 87.8 Å². The van der Waals surface area contributed by atoms with Crippen LogP contribution in [0.15, 0.2) is 58.5 Å². The monoisotopic (exact) mass is 591 g/mol. The van der Waals surface area contributed by atoms with E-state index in [9.17, 15) is 49.8 Å². The maximum absolute atomic E-state index is 15.2. The molecule has 0 fully saturated rings. The van der Waals surface area contributed by atoms with Gasteiger partial charge in [0.25, 0.3) is 18.8 Å². The Hall–Kier alpha value is -4.83. The second kappa shape index (κ2) is 11.3. The number of aliphatic imine (C=N–C) groups is 1. The van der Waals surface area contributed by atoms with Crippen LogP contribution in [0.5, 0.6) is 0 Å². The number of nitrogens with one attached hydrogen (secondary N) is 1. The van der Waals surface area contributed by atoms with Crippen molar-refractivity contribution in [2.24, 2.45) is 4.99 Å². The molecule has 2 N–H and O–H groups in total. The van der Waals surface area contributed by atoms with E-state index in [0.29, 0.717) is 16.8 Å². The Morgan fingerprint density at radius 1 is 0.951 bits per heavy atom. The van der Waals surface area contributed by atoms with Crippen molar-refractivity contribution < 1.29 is 49.4 Å². The molecule has 3 heterocycles. The van der Waals surface area contributed by atoms with Crippen molar-refractivity contribution in [1.82, 2.24) is 14.9 Å². The highest BCUT2D eigenvalue weighted by Gasteiger charge is 2.38. The molecule has 1 aromatic carbocycles. The second-order valence-corrected chi connectivity index (χ2v) is 8.28. The molecule has 2 atom stereocenters. The third-order valence-electron chi connectivity index (χ3n) is 5.57. The number of rotatable bonds is 7. The molecule has 3 aromatic rings. The SMILES string of the molecule is O=C(NC(C(F)F)C(F)C(F)F)c1cn(-c2c(F)cc(F)cc2F)c2nc(N3C=CN=CC(O)=C3)c(F)cc2c1=O. The zero-order valence-corrected chi connectivity index (χ0v) is 19.9. The smallest absolute Gasteiger partial charge is 0.271 e. The highest BCUT2D eigenvalue weighted by Crippen LogP contribution is 2.28. The summed E-state index contributed by atoms with van der Waals surface area (Å²) < 4.78 is 124. The van der Waals surface area contributed by atoms with Crippen LogP contribution in [0.25, 0.3) is 16.7 Å². The Bertz CT molecular complexity index is 1650. The van der Waals surface area contributed by atoms with Gasteiger partial charge in [-0.1, -0.05) is 0 Å². The van der Waals surface area contributed by atoms with Crippen molar-refractivity contribution in [2.75, 3.05) is 4.90 Å². The van der Waals surface area contributed by atoms with Crippen LogP contribution in [0.1, 0.15) is 10.4 Å². The summed E-state index contributed by atoms with van der Waals surface area (Å²) in [5.41, 5.74) is -4.68. The number of halogens is 9. The number of anilines is 1. The zero-order valence-electron chi connectivity index (χ0n) is 19.9. The average Bonchev–Trinajstić information content (AvgIpc) is 3.11. The number of amides is 1. The van der Waals surface area contributed by atoms with Crippen molar-refractivity contribution >= 4 is 29.0 Å². The van der Waals surface area contributed by atoms with E-state index in [2.05, 4.69) is 9.98 Å². The lowest BCUT2D eigenvalue weighted by molar-refractivity contribution is -0.0201. The maximum Gasteiger partial charge on any atom is 0.271 e. The van der Waals surface area contributed by atoms with Crippen molar-refractivity contribution in [3.63, 3.8) is 0 Å². The van der Waals surface area contributed by atoms with Gasteiger partial charge in [0.15, 0.2) is 35.1 Å². The first-order valence-electron chi connectivity index (χ1n) is 11.1. The standard InChI is InChI=1S/C24H14F9N5O3/c25-9-3-13(26)18(14(27)4-9)38-8-12(24(41)35-17(21(32)33)16(29)20(30)31)19(40)11-5-15(28)23(36-22(11)38)37-2-1-34-6-10(39)7-37/h1-8,16-17,20-21,39H,(H,35,41). The van der Waals surface area contributed by atoms with Crippen LogP contribution in [0, 0.1) is 23.3 Å². The summed E-state index contributed by atoms with van der Waals surface area (Å²) in [5, 5.41) is 10.2. The molecule has 1 aliphatic rings. The van der Waals surface area contributed by atoms with Crippen LogP contribution in [0.3, 0.4) is 0 Å². The molecule has 0 saturated heterocycles.